The maximum Gasteiger partial charge on any atom is 0.422 e. The third kappa shape index (κ3) is 3.09. The monoisotopic (exact) mass is 249 g/mol. The van der Waals surface area contributed by atoms with Crippen LogP contribution in [-0.2, 0) is 5.54 Å². The van der Waals surface area contributed by atoms with Gasteiger partial charge in [0.2, 0.25) is 0 Å². The Labute approximate surface area is 95.4 Å². The van der Waals surface area contributed by atoms with E-state index in [1.165, 1.54) is 12.1 Å². The lowest BCUT2D eigenvalue weighted by Gasteiger charge is -2.13. The zero-order valence-electron chi connectivity index (χ0n) is 8.85. The van der Waals surface area contributed by atoms with Gasteiger partial charge in [-0.05, 0) is 30.5 Å². The molecule has 0 amide bonds. The van der Waals surface area contributed by atoms with Gasteiger partial charge in [-0.2, -0.15) is 13.2 Å². The summed E-state index contributed by atoms with van der Waals surface area (Å²) >= 11 is 0. The third-order valence-corrected chi connectivity index (χ3v) is 2.64. The first-order valence-electron chi connectivity index (χ1n) is 5.08. The third-order valence-electron chi connectivity index (χ3n) is 2.64. The van der Waals surface area contributed by atoms with Gasteiger partial charge in [-0.25, -0.2) is 4.39 Å². The zero-order chi connectivity index (χ0) is 12.7. The van der Waals surface area contributed by atoms with Gasteiger partial charge in [0, 0.05) is 11.6 Å². The lowest BCUT2D eigenvalue weighted by Crippen LogP contribution is -2.21. The molecule has 0 unspecified atom stereocenters. The minimum Gasteiger partial charge on any atom is -0.484 e. The van der Waals surface area contributed by atoms with Crippen LogP contribution in [0.3, 0.4) is 0 Å². The summed E-state index contributed by atoms with van der Waals surface area (Å²) in [5.74, 6) is -0.787. The van der Waals surface area contributed by atoms with Crippen LogP contribution in [0.4, 0.5) is 17.6 Å². The molecule has 1 saturated carbocycles. The number of halogens is 4. The normalized spacial score (nSPS) is 17.9. The Morgan fingerprint density at radius 1 is 1.24 bits per heavy atom. The summed E-state index contributed by atoms with van der Waals surface area (Å²) in [5.41, 5.74) is 5.73. The van der Waals surface area contributed by atoms with Crippen LogP contribution in [0.2, 0.25) is 0 Å². The van der Waals surface area contributed by atoms with Crippen LogP contribution in [-0.4, -0.2) is 12.8 Å². The topological polar surface area (TPSA) is 35.2 Å². The highest BCUT2D eigenvalue weighted by atomic mass is 19.4. The van der Waals surface area contributed by atoms with Gasteiger partial charge in [-0.3, -0.25) is 0 Å². The van der Waals surface area contributed by atoms with E-state index in [-0.39, 0.29) is 5.75 Å². The minimum absolute atomic E-state index is 0.144. The summed E-state index contributed by atoms with van der Waals surface area (Å²) in [6.07, 6.45) is -3.03. The van der Waals surface area contributed by atoms with Gasteiger partial charge in [0.15, 0.2) is 6.61 Å². The first-order valence-corrected chi connectivity index (χ1v) is 5.08. The fourth-order valence-corrected chi connectivity index (χ4v) is 1.52. The molecular formula is C11H11F4NO. The van der Waals surface area contributed by atoms with Crippen LogP contribution >= 0.6 is 0 Å². The van der Waals surface area contributed by atoms with Crippen molar-refractivity contribution in [1.82, 2.24) is 0 Å². The minimum atomic E-state index is -4.44. The number of hydrogen-bond donors (Lipinski definition) is 1. The quantitative estimate of drug-likeness (QED) is 0.836. The van der Waals surface area contributed by atoms with E-state index in [2.05, 4.69) is 4.74 Å². The Kier molecular flexibility index (Phi) is 2.77. The molecule has 1 aromatic rings. The molecule has 0 bridgehead atoms. The molecule has 2 N–H and O–H groups in total. The van der Waals surface area contributed by atoms with Crippen molar-refractivity contribution in [2.75, 3.05) is 6.61 Å². The van der Waals surface area contributed by atoms with Gasteiger partial charge < -0.3 is 10.5 Å². The Bertz CT molecular complexity index is 426. The number of benzene rings is 1. The van der Waals surface area contributed by atoms with E-state index < -0.39 is 24.1 Å². The summed E-state index contributed by atoms with van der Waals surface area (Å²) in [4.78, 5) is 0. The fraction of sp³-hybridized carbons (Fsp3) is 0.455. The van der Waals surface area contributed by atoms with Gasteiger partial charge in [0.25, 0.3) is 0 Å². The van der Waals surface area contributed by atoms with Gasteiger partial charge >= 0.3 is 6.18 Å². The molecule has 2 nitrogen and oxygen atoms in total. The SMILES string of the molecule is NC1(c2cc(F)cc(OCC(F)(F)F)c2)CC1. The highest BCUT2D eigenvalue weighted by molar-refractivity contribution is 5.37. The average Bonchev–Trinajstić information content (AvgIpc) is 2.93. The molecule has 1 aliphatic rings. The van der Waals surface area contributed by atoms with E-state index >= 15 is 0 Å². The van der Waals surface area contributed by atoms with E-state index in [9.17, 15) is 17.6 Å². The first-order chi connectivity index (χ1) is 7.78. The lowest BCUT2D eigenvalue weighted by molar-refractivity contribution is -0.153. The van der Waals surface area contributed by atoms with Gasteiger partial charge in [0.05, 0.1) is 0 Å². The molecule has 17 heavy (non-hydrogen) atoms. The Morgan fingerprint density at radius 2 is 1.88 bits per heavy atom. The van der Waals surface area contributed by atoms with Crippen molar-refractivity contribution in [1.29, 1.82) is 0 Å². The Morgan fingerprint density at radius 3 is 2.41 bits per heavy atom. The smallest absolute Gasteiger partial charge is 0.422 e. The van der Waals surface area contributed by atoms with E-state index in [1.807, 2.05) is 0 Å². The summed E-state index contributed by atoms with van der Waals surface area (Å²) in [5, 5.41) is 0. The molecule has 6 heteroatoms. The maximum atomic E-state index is 13.2. The molecule has 0 radical (unpaired) electrons. The molecule has 94 valence electrons. The number of nitrogens with two attached hydrogens (primary N) is 1. The summed E-state index contributed by atoms with van der Waals surface area (Å²) < 4.78 is 53.5. The second-order valence-electron chi connectivity index (χ2n) is 4.24. The molecule has 0 spiro atoms. The number of alkyl halides is 3. The van der Waals surface area contributed by atoms with Gasteiger partial charge in [0.1, 0.15) is 11.6 Å². The van der Waals surface area contributed by atoms with Crippen molar-refractivity contribution in [3.05, 3.63) is 29.6 Å². The molecule has 0 aliphatic heterocycles. The summed E-state index contributed by atoms with van der Waals surface area (Å²) in [6, 6.07) is 3.51. The summed E-state index contributed by atoms with van der Waals surface area (Å²) in [7, 11) is 0. The van der Waals surface area contributed by atoms with E-state index in [0.29, 0.717) is 18.4 Å². The average molecular weight is 249 g/mol. The van der Waals surface area contributed by atoms with Crippen LogP contribution in [0.15, 0.2) is 18.2 Å². The van der Waals surface area contributed by atoms with Crippen LogP contribution in [0.1, 0.15) is 18.4 Å². The molecule has 2 rings (SSSR count). The summed E-state index contributed by atoms with van der Waals surface area (Å²) in [6.45, 7) is -1.44. The molecule has 0 heterocycles. The predicted molar refractivity (Wildman–Crippen MR) is 53.0 cm³/mol. The molecule has 1 aromatic carbocycles. The van der Waals surface area contributed by atoms with Crippen molar-refractivity contribution in [3.8, 4) is 5.75 Å². The highest BCUT2D eigenvalue weighted by Gasteiger charge is 2.40. The van der Waals surface area contributed by atoms with E-state index in [0.717, 1.165) is 6.07 Å². The second-order valence-corrected chi connectivity index (χ2v) is 4.24. The van der Waals surface area contributed by atoms with Crippen LogP contribution in [0.5, 0.6) is 5.75 Å². The molecule has 1 aliphatic carbocycles. The molecular weight excluding hydrogens is 238 g/mol. The van der Waals surface area contributed by atoms with Crippen molar-refractivity contribution in [3.63, 3.8) is 0 Å². The molecule has 0 aromatic heterocycles. The molecule has 1 fully saturated rings. The standard InChI is InChI=1S/C11H11F4NO/c12-8-3-7(10(16)1-2-10)4-9(5-8)17-6-11(13,14)15/h3-5H,1-2,6,16H2. The van der Waals surface area contributed by atoms with Crippen molar-refractivity contribution in [2.24, 2.45) is 5.73 Å². The van der Waals surface area contributed by atoms with E-state index in [1.54, 1.807) is 0 Å². The zero-order valence-corrected chi connectivity index (χ0v) is 8.85. The Balaban J connectivity index is 2.15. The predicted octanol–water partition coefficient (Wildman–Crippen LogP) is 2.71. The number of rotatable bonds is 3. The highest BCUT2D eigenvalue weighted by Crippen LogP contribution is 2.43. The largest absolute Gasteiger partial charge is 0.484 e. The number of ether oxygens (including phenoxy) is 1. The number of hydrogen-bond acceptors (Lipinski definition) is 2. The lowest BCUT2D eigenvalue weighted by atomic mass is 10.1. The van der Waals surface area contributed by atoms with E-state index in [4.69, 9.17) is 5.73 Å². The van der Waals surface area contributed by atoms with Crippen LogP contribution in [0.25, 0.3) is 0 Å². The second kappa shape index (κ2) is 3.87. The Hall–Kier alpha value is -1.30. The van der Waals surface area contributed by atoms with Crippen molar-refractivity contribution >= 4 is 0 Å². The van der Waals surface area contributed by atoms with Crippen molar-refractivity contribution in [2.45, 2.75) is 24.6 Å². The van der Waals surface area contributed by atoms with Gasteiger partial charge in [-0.15, -0.1) is 0 Å². The maximum absolute atomic E-state index is 13.2. The molecule has 0 saturated heterocycles. The molecule has 0 atom stereocenters. The fourth-order valence-electron chi connectivity index (χ4n) is 1.52. The van der Waals surface area contributed by atoms with Gasteiger partial charge in [-0.1, -0.05) is 0 Å². The van der Waals surface area contributed by atoms with Crippen LogP contribution < -0.4 is 10.5 Å². The first kappa shape index (κ1) is 12.2. The van der Waals surface area contributed by atoms with Crippen LogP contribution in [0, 0.1) is 5.82 Å². The van der Waals surface area contributed by atoms with Crippen molar-refractivity contribution < 1.29 is 22.3 Å².